The Bertz CT molecular complexity index is 1030. The van der Waals surface area contributed by atoms with Crippen LogP contribution in [0.2, 0.25) is 0 Å². The highest BCUT2D eigenvalue weighted by atomic mass is 32.2. The Labute approximate surface area is 180 Å². The molecule has 6 heteroatoms. The van der Waals surface area contributed by atoms with Crippen LogP contribution in [0, 0.1) is 12.7 Å². The predicted octanol–water partition coefficient (Wildman–Crippen LogP) is 4.95. The maximum Gasteiger partial charge on any atom is 0.409 e. The maximum absolute atomic E-state index is 13.9. The average molecular weight is 425 g/mol. The van der Waals surface area contributed by atoms with Crippen LogP contribution in [0.3, 0.4) is 0 Å². The van der Waals surface area contributed by atoms with Crippen molar-refractivity contribution in [2.24, 2.45) is 0 Å². The second-order valence-electron chi connectivity index (χ2n) is 8.16. The van der Waals surface area contributed by atoms with Gasteiger partial charge in [0.05, 0.1) is 6.54 Å². The highest BCUT2D eigenvalue weighted by molar-refractivity contribution is 7.99. The molecular formula is C24H25FN2O2S. The van der Waals surface area contributed by atoms with Crippen LogP contribution < -0.4 is 0 Å². The molecule has 0 bridgehead atoms. The van der Waals surface area contributed by atoms with Gasteiger partial charge in [-0.05, 0) is 54.7 Å². The molecule has 0 spiro atoms. The summed E-state index contributed by atoms with van der Waals surface area (Å²) in [6.45, 7) is 6.89. The van der Waals surface area contributed by atoms with E-state index in [1.807, 2.05) is 6.07 Å². The summed E-state index contributed by atoms with van der Waals surface area (Å²) in [7, 11) is 0. The molecule has 30 heavy (non-hydrogen) atoms. The van der Waals surface area contributed by atoms with Crippen molar-refractivity contribution in [3.05, 3.63) is 64.5 Å². The summed E-state index contributed by atoms with van der Waals surface area (Å²) in [6, 6.07) is 11.7. The monoisotopic (exact) mass is 424 g/mol. The minimum absolute atomic E-state index is 0.184. The summed E-state index contributed by atoms with van der Waals surface area (Å²) in [5.41, 5.74) is 6.43. The molecule has 2 saturated heterocycles. The first-order chi connectivity index (χ1) is 14.6. The molecule has 156 valence electrons. The summed E-state index contributed by atoms with van der Waals surface area (Å²) in [5.74, 6) is -0.184. The number of halogens is 1. The summed E-state index contributed by atoms with van der Waals surface area (Å²) in [6.07, 6.45) is 1.80. The van der Waals surface area contributed by atoms with Crippen molar-refractivity contribution < 1.29 is 13.9 Å². The zero-order valence-electron chi connectivity index (χ0n) is 17.1. The number of likely N-dealkylation sites (tertiary alicyclic amines) is 1. The molecule has 3 aliphatic rings. The lowest BCUT2D eigenvalue weighted by Crippen LogP contribution is -2.38. The van der Waals surface area contributed by atoms with Gasteiger partial charge in [0.25, 0.3) is 0 Å². The van der Waals surface area contributed by atoms with Crippen LogP contribution in [0.15, 0.2) is 51.8 Å². The number of cyclic esters (lactones) is 1. The molecule has 1 amide bonds. The SMILES string of the molecule is Cc1ccc2c(c1)C(=C1CCN(CCN3CCOC3=O)CC1)c1ccc(F)cc1S2. The van der Waals surface area contributed by atoms with E-state index >= 15 is 0 Å². The van der Waals surface area contributed by atoms with Gasteiger partial charge < -0.3 is 14.5 Å². The van der Waals surface area contributed by atoms with Crippen LogP contribution in [-0.4, -0.2) is 55.2 Å². The zero-order valence-corrected chi connectivity index (χ0v) is 17.9. The molecule has 2 aromatic rings. The largest absolute Gasteiger partial charge is 0.448 e. The molecular weight excluding hydrogens is 399 g/mol. The van der Waals surface area contributed by atoms with E-state index in [0.29, 0.717) is 13.2 Å². The van der Waals surface area contributed by atoms with E-state index in [-0.39, 0.29) is 11.9 Å². The lowest BCUT2D eigenvalue weighted by atomic mass is 9.87. The van der Waals surface area contributed by atoms with E-state index in [1.165, 1.54) is 27.2 Å². The quantitative estimate of drug-likeness (QED) is 0.596. The first kappa shape index (κ1) is 19.6. The van der Waals surface area contributed by atoms with Gasteiger partial charge >= 0.3 is 6.09 Å². The molecule has 0 N–H and O–H groups in total. The number of piperidine rings is 1. The molecule has 2 aromatic carbocycles. The third-order valence-electron chi connectivity index (χ3n) is 6.18. The molecule has 2 fully saturated rings. The zero-order chi connectivity index (χ0) is 20.7. The number of hydrogen-bond donors (Lipinski definition) is 0. The van der Waals surface area contributed by atoms with Gasteiger partial charge in [-0.15, -0.1) is 0 Å². The Morgan fingerprint density at radius 2 is 1.83 bits per heavy atom. The van der Waals surface area contributed by atoms with Crippen molar-refractivity contribution in [2.75, 3.05) is 39.3 Å². The van der Waals surface area contributed by atoms with Crippen molar-refractivity contribution in [1.29, 1.82) is 0 Å². The van der Waals surface area contributed by atoms with Crippen LogP contribution in [-0.2, 0) is 4.74 Å². The van der Waals surface area contributed by atoms with Gasteiger partial charge in [-0.2, -0.15) is 0 Å². The predicted molar refractivity (Wildman–Crippen MR) is 116 cm³/mol. The molecule has 0 atom stereocenters. The number of rotatable bonds is 3. The fourth-order valence-electron chi connectivity index (χ4n) is 4.55. The standard InChI is InChI=1S/C24H25FN2O2S/c1-16-2-5-21-20(14-16)23(19-4-3-18(25)15-22(19)30-21)17-6-8-26(9-7-17)10-11-27-12-13-29-24(27)28/h2-5,14-15H,6-13H2,1H3. The molecule has 3 aliphatic heterocycles. The summed E-state index contributed by atoms with van der Waals surface area (Å²) < 4.78 is 18.9. The third-order valence-corrected chi connectivity index (χ3v) is 7.32. The highest BCUT2D eigenvalue weighted by Gasteiger charge is 2.27. The molecule has 0 radical (unpaired) electrons. The number of amides is 1. The van der Waals surface area contributed by atoms with Crippen LogP contribution in [0.4, 0.5) is 9.18 Å². The van der Waals surface area contributed by atoms with Crippen LogP contribution in [0.5, 0.6) is 0 Å². The fraction of sp³-hybridized carbons (Fsp3) is 0.375. The maximum atomic E-state index is 13.9. The summed E-state index contributed by atoms with van der Waals surface area (Å²) >= 11 is 1.66. The van der Waals surface area contributed by atoms with E-state index in [1.54, 1.807) is 28.8 Å². The van der Waals surface area contributed by atoms with Crippen LogP contribution in [0.25, 0.3) is 5.57 Å². The van der Waals surface area contributed by atoms with E-state index in [2.05, 4.69) is 30.0 Å². The van der Waals surface area contributed by atoms with Gasteiger partial charge in [-0.25, -0.2) is 9.18 Å². The number of fused-ring (bicyclic) bond motifs is 2. The number of hydrogen-bond acceptors (Lipinski definition) is 4. The van der Waals surface area contributed by atoms with Crippen LogP contribution in [0.1, 0.15) is 29.5 Å². The number of benzene rings is 2. The fourth-order valence-corrected chi connectivity index (χ4v) is 5.64. The van der Waals surface area contributed by atoms with Gasteiger partial charge in [-0.1, -0.05) is 41.1 Å². The average Bonchev–Trinajstić information content (AvgIpc) is 3.16. The van der Waals surface area contributed by atoms with Gasteiger partial charge in [0.2, 0.25) is 0 Å². The molecule has 0 aliphatic carbocycles. The second-order valence-corrected chi connectivity index (χ2v) is 9.25. The summed E-state index contributed by atoms with van der Waals surface area (Å²) in [5, 5.41) is 0. The van der Waals surface area contributed by atoms with E-state index in [4.69, 9.17) is 4.74 Å². The lowest BCUT2D eigenvalue weighted by molar-refractivity contribution is 0.152. The Balaban J connectivity index is 1.39. The molecule has 0 unspecified atom stereocenters. The van der Waals surface area contributed by atoms with Crippen molar-refractivity contribution >= 4 is 23.4 Å². The topological polar surface area (TPSA) is 32.8 Å². The molecule has 4 nitrogen and oxygen atoms in total. The van der Waals surface area contributed by atoms with Gasteiger partial charge in [0.15, 0.2) is 0 Å². The van der Waals surface area contributed by atoms with E-state index in [0.717, 1.165) is 49.5 Å². The highest BCUT2D eigenvalue weighted by Crippen LogP contribution is 2.48. The first-order valence-corrected chi connectivity index (χ1v) is 11.3. The summed E-state index contributed by atoms with van der Waals surface area (Å²) in [4.78, 5) is 18.1. The van der Waals surface area contributed by atoms with Crippen molar-refractivity contribution in [1.82, 2.24) is 9.80 Å². The first-order valence-electron chi connectivity index (χ1n) is 10.5. The Morgan fingerprint density at radius 1 is 1.00 bits per heavy atom. The number of carbonyl (C=O) groups is 1. The lowest BCUT2D eigenvalue weighted by Gasteiger charge is -2.32. The molecule has 5 rings (SSSR count). The number of aryl methyl sites for hydroxylation is 1. The van der Waals surface area contributed by atoms with E-state index in [9.17, 15) is 9.18 Å². The van der Waals surface area contributed by atoms with Crippen molar-refractivity contribution in [2.45, 2.75) is 29.6 Å². The van der Waals surface area contributed by atoms with Crippen molar-refractivity contribution in [3.8, 4) is 0 Å². The molecule has 0 aromatic heterocycles. The minimum Gasteiger partial charge on any atom is -0.448 e. The van der Waals surface area contributed by atoms with E-state index < -0.39 is 0 Å². The number of ether oxygens (including phenoxy) is 1. The Kier molecular flexibility index (Phi) is 5.29. The second kappa shape index (κ2) is 8.08. The number of carbonyl (C=O) groups excluding carboxylic acids is 1. The molecule has 0 saturated carbocycles. The van der Waals surface area contributed by atoms with Crippen molar-refractivity contribution in [3.63, 3.8) is 0 Å². The molecule has 3 heterocycles. The smallest absolute Gasteiger partial charge is 0.409 e. The normalized spacial score (nSPS) is 19.0. The van der Waals surface area contributed by atoms with Gasteiger partial charge in [-0.3, -0.25) is 0 Å². The number of nitrogens with zero attached hydrogens (tertiary/aromatic N) is 2. The van der Waals surface area contributed by atoms with Gasteiger partial charge in [0.1, 0.15) is 12.4 Å². The Morgan fingerprint density at radius 3 is 2.60 bits per heavy atom. The Hall–Kier alpha value is -2.31. The minimum atomic E-state index is -0.190. The third kappa shape index (κ3) is 3.74. The van der Waals surface area contributed by atoms with Gasteiger partial charge in [0, 0.05) is 36.0 Å². The van der Waals surface area contributed by atoms with Crippen LogP contribution >= 0.6 is 11.8 Å².